The van der Waals surface area contributed by atoms with E-state index in [1.54, 1.807) is 28.8 Å². The van der Waals surface area contributed by atoms with Gasteiger partial charge in [-0.05, 0) is 30.5 Å². The van der Waals surface area contributed by atoms with Gasteiger partial charge in [0.1, 0.15) is 17.4 Å². The van der Waals surface area contributed by atoms with Gasteiger partial charge in [-0.15, -0.1) is 0 Å². The fraction of sp³-hybridized carbons (Fsp3) is 0.300. The summed E-state index contributed by atoms with van der Waals surface area (Å²) in [4.78, 5) is 13.3. The van der Waals surface area contributed by atoms with Crippen molar-refractivity contribution >= 4 is 11.6 Å². The van der Waals surface area contributed by atoms with Crippen LogP contribution in [0.1, 0.15) is 36.6 Å². The second kappa shape index (κ2) is 6.89. The topological polar surface area (TPSA) is 81.0 Å². The van der Waals surface area contributed by atoms with Crippen LogP contribution >= 0.6 is 11.6 Å². The Morgan fingerprint density at radius 3 is 2.73 bits per heavy atom. The molecule has 1 aromatic heterocycles. The van der Waals surface area contributed by atoms with Gasteiger partial charge >= 0.3 is 0 Å². The first-order valence-electron chi connectivity index (χ1n) is 8.40. The van der Waals surface area contributed by atoms with Crippen molar-refractivity contribution in [2.24, 2.45) is 11.7 Å². The number of hydrogen-bond donors (Lipinski definition) is 1. The molecule has 134 valence electrons. The van der Waals surface area contributed by atoms with Crippen LogP contribution < -0.4 is 16.0 Å². The summed E-state index contributed by atoms with van der Waals surface area (Å²) in [6.45, 7) is 6.55. The number of rotatable bonds is 3. The number of aromatic nitrogens is 1. The van der Waals surface area contributed by atoms with Crippen LogP contribution in [-0.4, -0.2) is 4.57 Å². The average molecular weight is 370 g/mol. The van der Waals surface area contributed by atoms with Crippen LogP contribution in [0.3, 0.4) is 0 Å². The molecule has 1 aliphatic heterocycles. The zero-order valence-corrected chi connectivity index (χ0v) is 15.7. The fourth-order valence-electron chi connectivity index (χ4n) is 3.30. The predicted molar refractivity (Wildman–Crippen MR) is 101 cm³/mol. The van der Waals surface area contributed by atoms with Crippen LogP contribution in [0.25, 0.3) is 0 Å². The van der Waals surface area contributed by atoms with Crippen LogP contribution in [0.4, 0.5) is 0 Å². The largest absolute Gasteiger partial charge is 0.440 e. The van der Waals surface area contributed by atoms with Crippen LogP contribution in [0.15, 0.2) is 46.6 Å². The van der Waals surface area contributed by atoms with E-state index in [9.17, 15) is 10.1 Å². The molecule has 0 bridgehead atoms. The third-order valence-electron chi connectivity index (χ3n) is 4.42. The molecule has 0 amide bonds. The van der Waals surface area contributed by atoms with E-state index in [-0.39, 0.29) is 17.0 Å². The van der Waals surface area contributed by atoms with Crippen molar-refractivity contribution in [1.29, 1.82) is 5.26 Å². The highest BCUT2D eigenvalue weighted by atomic mass is 35.5. The van der Waals surface area contributed by atoms with Crippen molar-refractivity contribution in [2.45, 2.75) is 33.2 Å². The van der Waals surface area contributed by atoms with Crippen LogP contribution in [0, 0.1) is 24.2 Å². The molecule has 1 unspecified atom stereocenters. The lowest BCUT2D eigenvalue weighted by molar-refractivity contribution is 0.386. The highest BCUT2D eigenvalue weighted by molar-refractivity contribution is 6.30. The summed E-state index contributed by atoms with van der Waals surface area (Å²) in [5, 5.41) is 10.2. The molecule has 6 heteroatoms. The monoisotopic (exact) mass is 369 g/mol. The number of allylic oxidation sites excluding steroid dienone is 1. The van der Waals surface area contributed by atoms with Gasteiger partial charge in [0, 0.05) is 23.3 Å². The van der Waals surface area contributed by atoms with Gasteiger partial charge in [-0.25, -0.2) is 0 Å². The lowest BCUT2D eigenvalue weighted by atomic mass is 9.84. The van der Waals surface area contributed by atoms with Crippen molar-refractivity contribution in [3.05, 3.63) is 74.0 Å². The SMILES string of the molecule is Cc1cc2c(c(=O)n1CC(C)C)C(c1cccc(Cl)c1)C(C#N)=C(N)O2. The summed E-state index contributed by atoms with van der Waals surface area (Å²) in [7, 11) is 0. The van der Waals surface area contributed by atoms with Gasteiger partial charge in [-0.1, -0.05) is 37.6 Å². The maximum absolute atomic E-state index is 13.3. The first kappa shape index (κ1) is 18.1. The van der Waals surface area contributed by atoms with Gasteiger partial charge in [0.05, 0.1) is 11.5 Å². The van der Waals surface area contributed by atoms with Gasteiger partial charge in [-0.3, -0.25) is 4.79 Å². The molecule has 0 saturated heterocycles. The van der Waals surface area contributed by atoms with Crippen LogP contribution in [0.5, 0.6) is 5.75 Å². The Kier molecular flexibility index (Phi) is 4.80. The first-order chi connectivity index (χ1) is 12.3. The molecular weight excluding hydrogens is 350 g/mol. The van der Waals surface area contributed by atoms with Gasteiger partial charge in [-0.2, -0.15) is 5.26 Å². The number of nitrogens with zero attached hydrogens (tertiary/aromatic N) is 2. The number of aryl methyl sites for hydroxylation is 1. The Bertz CT molecular complexity index is 999. The molecular formula is C20H20ClN3O2. The molecule has 26 heavy (non-hydrogen) atoms. The molecule has 0 radical (unpaired) electrons. The molecule has 2 N–H and O–H groups in total. The molecule has 2 heterocycles. The predicted octanol–water partition coefficient (Wildman–Crippen LogP) is 3.68. The van der Waals surface area contributed by atoms with Gasteiger partial charge in [0.15, 0.2) is 0 Å². The van der Waals surface area contributed by atoms with Gasteiger partial charge in [0.25, 0.3) is 5.56 Å². The molecule has 1 aliphatic rings. The number of fused-ring (bicyclic) bond motifs is 1. The number of halogens is 1. The molecule has 3 rings (SSSR count). The molecule has 1 atom stereocenters. The van der Waals surface area contributed by atoms with E-state index in [2.05, 4.69) is 19.9 Å². The molecule has 5 nitrogen and oxygen atoms in total. The van der Waals surface area contributed by atoms with Crippen molar-refractivity contribution < 1.29 is 4.74 Å². The lowest BCUT2D eigenvalue weighted by Crippen LogP contribution is -2.33. The van der Waals surface area contributed by atoms with E-state index < -0.39 is 5.92 Å². The molecule has 0 aliphatic carbocycles. The van der Waals surface area contributed by atoms with Crippen LogP contribution in [-0.2, 0) is 6.54 Å². The second-order valence-corrected chi connectivity index (χ2v) is 7.29. The van der Waals surface area contributed by atoms with E-state index in [1.807, 2.05) is 13.0 Å². The minimum Gasteiger partial charge on any atom is -0.440 e. The molecule has 1 aromatic carbocycles. The second-order valence-electron chi connectivity index (χ2n) is 6.85. The molecule has 2 aromatic rings. The third kappa shape index (κ3) is 3.09. The number of pyridine rings is 1. The van der Waals surface area contributed by atoms with Gasteiger partial charge < -0.3 is 15.0 Å². The number of ether oxygens (including phenoxy) is 1. The summed E-state index contributed by atoms with van der Waals surface area (Å²) in [6, 6.07) is 11.0. The Balaban J connectivity index is 2.31. The molecule has 0 saturated carbocycles. The third-order valence-corrected chi connectivity index (χ3v) is 4.65. The quantitative estimate of drug-likeness (QED) is 0.894. The Morgan fingerprint density at radius 2 is 2.12 bits per heavy atom. The smallest absolute Gasteiger partial charge is 0.258 e. The molecule has 0 fully saturated rings. The minimum absolute atomic E-state index is 0.0189. The van der Waals surface area contributed by atoms with E-state index in [0.29, 0.717) is 28.8 Å². The van der Waals surface area contributed by atoms with Crippen molar-refractivity contribution in [3.63, 3.8) is 0 Å². The van der Waals surface area contributed by atoms with E-state index in [4.69, 9.17) is 22.1 Å². The number of hydrogen-bond acceptors (Lipinski definition) is 4. The minimum atomic E-state index is -0.603. The van der Waals surface area contributed by atoms with Crippen molar-refractivity contribution in [2.75, 3.05) is 0 Å². The maximum Gasteiger partial charge on any atom is 0.258 e. The number of nitrogens with two attached hydrogens (primary N) is 1. The summed E-state index contributed by atoms with van der Waals surface area (Å²) >= 11 is 6.14. The summed E-state index contributed by atoms with van der Waals surface area (Å²) in [5.74, 6) is 0.114. The fourth-order valence-corrected chi connectivity index (χ4v) is 3.50. The van der Waals surface area contributed by atoms with E-state index in [0.717, 1.165) is 11.3 Å². The summed E-state index contributed by atoms with van der Waals surface area (Å²) in [5.41, 5.74) is 7.98. The number of benzene rings is 1. The standard InChI is InChI=1S/C20H20ClN3O2/c1-11(2)10-24-12(3)7-16-18(20(24)25)17(15(9-22)19(23)26-16)13-5-4-6-14(21)8-13/h4-8,11,17H,10,23H2,1-3H3. The highest BCUT2D eigenvalue weighted by Crippen LogP contribution is 2.40. The summed E-state index contributed by atoms with van der Waals surface area (Å²) < 4.78 is 7.35. The zero-order chi connectivity index (χ0) is 19.0. The zero-order valence-electron chi connectivity index (χ0n) is 14.9. The lowest BCUT2D eigenvalue weighted by Gasteiger charge is -2.27. The van der Waals surface area contributed by atoms with E-state index >= 15 is 0 Å². The number of nitriles is 1. The van der Waals surface area contributed by atoms with E-state index in [1.165, 1.54) is 0 Å². The first-order valence-corrected chi connectivity index (χ1v) is 8.78. The molecule has 0 spiro atoms. The normalized spacial score (nSPS) is 16.2. The highest BCUT2D eigenvalue weighted by Gasteiger charge is 2.34. The Labute approximate surface area is 157 Å². The Hall–Kier alpha value is -2.71. The van der Waals surface area contributed by atoms with Crippen molar-refractivity contribution in [3.8, 4) is 11.8 Å². The van der Waals surface area contributed by atoms with Gasteiger partial charge in [0.2, 0.25) is 5.88 Å². The maximum atomic E-state index is 13.3. The Morgan fingerprint density at radius 1 is 1.38 bits per heavy atom. The van der Waals surface area contributed by atoms with Crippen LogP contribution in [0.2, 0.25) is 5.02 Å². The average Bonchev–Trinajstić information content (AvgIpc) is 2.57. The summed E-state index contributed by atoms with van der Waals surface area (Å²) in [6.07, 6.45) is 0. The van der Waals surface area contributed by atoms with Crippen molar-refractivity contribution in [1.82, 2.24) is 4.57 Å².